The summed E-state index contributed by atoms with van der Waals surface area (Å²) in [6.07, 6.45) is 0. The first kappa shape index (κ1) is 23.4. The van der Waals surface area contributed by atoms with Crippen LogP contribution in [-0.2, 0) is 19.6 Å². The Kier molecular flexibility index (Phi) is 5.83. The topological polar surface area (TPSA) is 122 Å². The van der Waals surface area contributed by atoms with Crippen molar-refractivity contribution in [1.82, 2.24) is 0 Å². The zero-order chi connectivity index (χ0) is 24.9. The third kappa shape index (κ3) is 4.29. The minimum absolute atomic E-state index is 0.0837. The van der Waals surface area contributed by atoms with Crippen molar-refractivity contribution in [3.63, 3.8) is 0 Å². The molecule has 0 spiro atoms. The number of amides is 2. The Morgan fingerprint density at radius 3 is 2.34 bits per heavy atom. The maximum Gasteiger partial charge on any atom is 0.272 e. The molecule has 0 aliphatic carbocycles. The lowest BCUT2D eigenvalue weighted by Gasteiger charge is -2.15. The van der Waals surface area contributed by atoms with E-state index in [9.17, 15) is 22.4 Å². The third-order valence-electron chi connectivity index (χ3n) is 5.23. The Labute approximate surface area is 211 Å². The number of hydrogen-bond acceptors (Lipinski definition) is 6. The van der Waals surface area contributed by atoms with Gasteiger partial charge in [0.15, 0.2) is 5.17 Å². The zero-order valence-electron chi connectivity index (χ0n) is 17.5. The second-order valence-electron chi connectivity index (χ2n) is 7.47. The van der Waals surface area contributed by atoms with Gasteiger partial charge < -0.3 is 5.32 Å². The summed E-state index contributed by atoms with van der Waals surface area (Å²) in [6, 6.07) is 16.1. The number of amidine groups is 1. The molecule has 1 fully saturated rings. The minimum atomic E-state index is -3.88. The van der Waals surface area contributed by atoms with Gasteiger partial charge in [0.1, 0.15) is 5.82 Å². The van der Waals surface area contributed by atoms with Gasteiger partial charge in [0, 0.05) is 10.0 Å². The summed E-state index contributed by atoms with van der Waals surface area (Å²) < 4.78 is 37.3. The molecule has 0 saturated carbocycles. The van der Waals surface area contributed by atoms with Crippen LogP contribution in [-0.4, -0.2) is 25.4 Å². The van der Waals surface area contributed by atoms with Crippen molar-refractivity contribution in [2.45, 2.75) is 4.90 Å². The van der Waals surface area contributed by atoms with Crippen LogP contribution >= 0.6 is 27.7 Å². The molecule has 2 amide bonds. The Bertz CT molecular complexity index is 1570. The average molecular weight is 573 g/mol. The summed E-state index contributed by atoms with van der Waals surface area (Å²) >= 11 is 4.40. The lowest BCUT2D eigenvalue weighted by atomic mass is 10.1. The molecule has 0 atom stereocenters. The Morgan fingerprint density at radius 2 is 1.69 bits per heavy atom. The number of anilines is 2. The number of carbonyl (C=O) groups excluding carboxylic acids is 2. The zero-order valence-corrected chi connectivity index (χ0v) is 20.7. The van der Waals surface area contributed by atoms with Gasteiger partial charge in [-0.1, -0.05) is 12.1 Å². The number of carbonyl (C=O) groups is 2. The molecule has 3 aromatic rings. The van der Waals surface area contributed by atoms with Gasteiger partial charge in [0.2, 0.25) is 10.0 Å². The summed E-state index contributed by atoms with van der Waals surface area (Å²) in [5.74, 6) is -1.40. The molecule has 5 rings (SSSR count). The number of rotatable bonds is 3. The molecule has 12 heteroatoms. The van der Waals surface area contributed by atoms with Crippen LogP contribution in [0.15, 0.2) is 86.0 Å². The van der Waals surface area contributed by atoms with E-state index in [1.54, 1.807) is 18.2 Å². The van der Waals surface area contributed by atoms with Crippen LogP contribution in [0.25, 0.3) is 5.57 Å². The number of sulfonamides is 1. The second-order valence-corrected chi connectivity index (χ2v) is 10.9. The van der Waals surface area contributed by atoms with E-state index in [0.717, 1.165) is 11.8 Å². The number of fused-ring (bicyclic) bond motifs is 1. The first-order valence-corrected chi connectivity index (χ1v) is 13.1. The molecular weight excluding hydrogens is 559 g/mol. The van der Waals surface area contributed by atoms with Gasteiger partial charge >= 0.3 is 0 Å². The number of hydrogen-bond donors (Lipinski definition) is 2. The first-order valence-electron chi connectivity index (χ1n) is 9.97. The molecule has 8 nitrogen and oxygen atoms in total. The lowest BCUT2D eigenvalue weighted by molar-refractivity contribution is -0.114. The minimum Gasteiger partial charge on any atom is -0.320 e. The van der Waals surface area contributed by atoms with E-state index >= 15 is 0 Å². The predicted octanol–water partition coefficient (Wildman–Crippen LogP) is 4.37. The number of nitrogens with zero attached hydrogens (tertiary/aromatic N) is 2. The van der Waals surface area contributed by atoms with Crippen LogP contribution in [0.3, 0.4) is 0 Å². The first-order chi connectivity index (χ1) is 16.6. The highest BCUT2D eigenvalue weighted by molar-refractivity contribution is 9.10. The summed E-state index contributed by atoms with van der Waals surface area (Å²) in [7, 11) is -3.88. The fraction of sp³-hybridized carbons (Fsp3) is 0. The number of halogens is 2. The molecule has 35 heavy (non-hydrogen) atoms. The van der Waals surface area contributed by atoms with Crippen LogP contribution in [0, 0.1) is 5.82 Å². The maximum atomic E-state index is 13.6. The smallest absolute Gasteiger partial charge is 0.272 e. The number of para-hydroxylation sites is 1. The summed E-state index contributed by atoms with van der Waals surface area (Å²) in [4.78, 5) is 32.3. The number of benzene rings is 3. The lowest BCUT2D eigenvalue weighted by Crippen LogP contribution is -2.29. The molecular formula is C23H14BrFN4O4S2. The van der Waals surface area contributed by atoms with E-state index in [2.05, 4.69) is 26.2 Å². The largest absolute Gasteiger partial charge is 0.320 e. The standard InChI is InChI=1S/C23H14BrFN4O4S2/c24-17-3-1-2-16-18(21(30)28-19(16)17)20-22(31)29(14-8-4-12(25)5-9-14)23(34-20)27-13-6-10-15(11-7-13)35(26,32)33/h1-11H,(H,28,30)(H2,26,32,33)/b20-18-,27-23-. The van der Waals surface area contributed by atoms with Crippen molar-refractivity contribution < 1.29 is 22.4 Å². The van der Waals surface area contributed by atoms with Gasteiger partial charge in [0.05, 0.1) is 32.4 Å². The highest BCUT2D eigenvalue weighted by Crippen LogP contribution is 2.45. The van der Waals surface area contributed by atoms with Crippen LogP contribution in [0.1, 0.15) is 5.56 Å². The molecule has 0 radical (unpaired) electrons. The van der Waals surface area contributed by atoms with Crippen molar-refractivity contribution in [1.29, 1.82) is 0 Å². The van der Waals surface area contributed by atoms with Crippen molar-refractivity contribution in [2.75, 3.05) is 10.2 Å². The molecule has 3 N–H and O–H groups in total. The monoisotopic (exact) mass is 572 g/mol. The number of nitrogens with one attached hydrogen (secondary N) is 1. The third-order valence-corrected chi connectivity index (χ3v) is 7.86. The highest BCUT2D eigenvalue weighted by atomic mass is 79.9. The van der Waals surface area contributed by atoms with Crippen molar-refractivity contribution in [3.8, 4) is 0 Å². The van der Waals surface area contributed by atoms with Crippen LogP contribution in [0.4, 0.5) is 21.5 Å². The molecule has 2 aliphatic rings. The SMILES string of the molecule is NS(=O)(=O)c1ccc(/N=C2\S/C(=C3\C(=O)Nc4c(Br)cccc43)C(=O)N2c2ccc(F)cc2)cc1. The maximum absolute atomic E-state index is 13.6. The fourth-order valence-corrected chi connectivity index (χ4v) is 5.70. The summed E-state index contributed by atoms with van der Waals surface area (Å²) in [5, 5.41) is 8.14. The Hall–Kier alpha value is -3.32. The van der Waals surface area contributed by atoms with Gasteiger partial charge in [0.25, 0.3) is 11.8 Å². The summed E-state index contributed by atoms with van der Waals surface area (Å²) in [5.41, 5.74) is 2.04. The Balaban J connectivity index is 1.65. The normalized spacial score (nSPS) is 18.8. The van der Waals surface area contributed by atoms with Crippen molar-refractivity contribution in [2.24, 2.45) is 10.1 Å². The van der Waals surface area contributed by atoms with Crippen molar-refractivity contribution in [3.05, 3.63) is 87.5 Å². The van der Waals surface area contributed by atoms with Crippen LogP contribution < -0.4 is 15.4 Å². The Morgan fingerprint density at radius 1 is 1.00 bits per heavy atom. The summed E-state index contributed by atoms with van der Waals surface area (Å²) in [6.45, 7) is 0. The fourth-order valence-electron chi connectivity index (χ4n) is 3.62. The van der Waals surface area contributed by atoms with Crippen molar-refractivity contribution >= 4 is 77.3 Å². The molecule has 3 aromatic carbocycles. The molecule has 1 saturated heterocycles. The van der Waals surface area contributed by atoms with E-state index in [1.165, 1.54) is 53.4 Å². The quantitative estimate of drug-likeness (QED) is 0.451. The molecule has 176 valence electrons. The molecule has 2 heterocycles. The van der Waals surface area contributed by atoms with Gasteiger partial charge in [-0.15, -0.1) is 0 Å². The van der Waals surface area contributed by atoms with Gasteiger partial charge in [-0.05, 0) is 82.3 Å². The number of thioether (sulfide) groups is 1. The van der Waals surface area contributed by atoms with Crippen LogP contribution in [0.2, 0.25) is 0 Å². The molecule has 0 aromatic heterocycles. The van der Waals surface area contributed by atoms with E-state index in [1.807, 2.05) is 0 Å². The second kappa shape index (κ2) is 8.72. The number of nitrogens with two attached hydrogens (primary N) is 1. The van der Waals surface area contributed by atoms with E-state index in [0.29, 0.717) is 27.1 Å². The molecule has 0 bridgehead atoms. The van der Waals surface area contributed by atoms with E-state index in [4.69, 9.17) is 5.14 Å². The van der Waals surface area contributed by atoms with Gasteiger partial charge in [-0.3, -0.25) is 14.5 Å². The molecule has 0 unspecified atom stereocenters. The van der Waals surface area contributed by atoms with E-state index in [-0.39, 0.29) is 20.5 Å². The van der Waals surface area contributed by atoms with Gasteiger partial charge in [-0.25, -0.2) is 22.9 Å². The number of aliphatic imine (C=N–C) groups is 1. The van der Waals surface area contributed by atoms with Crippen LogP contribution in [0.5, 0.6) is 0 Å². The number of primary sulfonamides is 1. The predicted molar refractivity (Wildman–Crippen MR) is 136 cm³/mol. The molecule has 2 aliphatic heterocycles. The average Bonchev–Trinajstić information content (AvgIpc) is 3.30. The highest BCUT2D eigenvalue weighted by Gasteiger charge is 2.41. The van der Waals surface area contributed by atoms with Gasteiger partial charge in [-0.2, -0.15) is 0 Å². The van der Waals surface area contributed by atoms with E-state index < -0.39 is 27.7 Å².